The number of aromatic amines is 1. The fourth-order valence-electron chi connectivity index (χ4n) is 4.50. The molecule has 0 saturated carbocycles. The highest BCUT2D eigenvalue weighted by molar-refractivity contribution is 6.48. The number of pyridine rings is 1. The molecule has 1 amide bonds. The van der Waals surface area contributed by atoms with Gasteiger partial charge in [0.1, 0.15) is 17.8 Å². The summed E-state index contributed by atoms with van der Waals surface area (Å²) in [6.07, 6.45) is 2.25. The van der Waals surface area contributed by atoms with Crippen molar-refractivity contribution in [1.82, 2.24) is 25.6 Å². The van der Waals surface area contributed by atoms with E-state index >= 15 is 0 Å². The lowest BCUT2D eigenvalue weighted by molar-refractivity contribution is -0.0964. The van der Waals surface area contributed by atoms with Crippen molar-refractivity contribution in [3.63, 3.8) is 0 Å². The number of nitrogens with zero attached hydrogens (tertiary/aromatic N) is 5. The van der Waals surface area contributed by atoms with Crippen molar-refractivity contribution in [2.75, 3.05) is 16.8 Å². The second-order valence-corrected chi connectivity index (χ2v) is 13.2. The number of amides is 1. The number of carbonyl (C=O) groups excluding carboxylic acids is 1. The third kappa shape index (κ3) is 6.63. The van der Waals surface area contributed by atoms with Crippen LogP contribution in [0.3, 0.4) is 0 Å². The van der Waals surface area contributed by atoms with Gasteiger partial charge in [0.25, 0.3) is 5.91 Å². The Balaban J connectivity index is 1.62. The maximum absolute atomic E-state index is 13.1. The maximum atomic E-state index is 13.1. The zero-order valence-electron chi connectivity index (χ0n) is 21.7. The number of halogens is 3. The lowest BCUT2D eigenvalue weighted by atomic mass is 9.79. The van der Waals surface area contributed by atoms with Gasteiger partial charge in [0.15, 0.2) is 14.9 Å². The first kappa shape index (κ1) is 27.9. The van der Waals surface area contributed by atoms with Crippen molar-refractivity contribution in [1.29, 1.82) is 0 Å². The molecule has 38 heavy (non-hydrogen) atoms. The van der Waals surface area contributed by atoms with Crippen LogP contribution in [-0.4, -0.2) is 58.9 Å². The Morgan fingerprint density at radius 1 is 1.24 bits per heavy atom. The van der Waals surface area contributed by atoms with E-state index in [0.29, 0.717) is 22.9 Å². The van der Waals surface area contributed by atoms with Crippen LogP contribution >= 0.6 is 11.6 Å². The molecule has 14 heteroatoms. The summed E-state index contributed by atoms with van der Waals surface area (Å²) in [7, 11) is -1.39. The summed E-state index contributed by atoms with van der Waals surface area (Å²) in [6.45, 7) is 11.6. The van der Waals surface area contributed by atoms with Gasteiger partial charge in [0.05, 0.1) is 11.1 Å². The molecule has 3 aromatic rings. The minimum absolute atomic E-state index is 0.0245. The molecule has 1 aliphatic rings. The van der Waals surface area contributed by atoms with E-state index in [-0.39, 0.29) is 28.9 Å². The van der Waals surface area contributed by atoms with Crippen LogP contribution < -0.4 is 15.0 Å². The molecule has 1 aliphatic heterocycles. The average Bonchev–Trinajstić information content (AvgIpc) is 3.49. The molecule has 1 aromatic carbocycles. The highest BCUT2D eigenvalue weighted by atomic mass is 35.5. The summed E-state index contributed by atoms with van der Waals surface area (Å²) >= 11 is 4.79. The fourth-order valence-corrected chi connectivity index (χ4v) is 5.48. The third-order valence-corrected chi connectivity index (χ3v) is 7.10. The Kier molecular flexibility index (Phi) is 8.00. The average molecular weight is 566 g/mol. The summed E-state index contributed by atoms with van der Waals surface area (Å²) in [4.78, 5) is 19.9. The number of tetrazole rings is 1. The molecule has 0 radical (unpaired) electrons. The molecule has 4 rings (SSSR count). The van der Waals surface area contributed by atoms with E-state index in [4.69, 9.17) is 16.0 Å². The van der Waals surface area contributed by atoms with E-state index in [1.807, 2.05) is 0 Å². The Labute approximate surface area is 225 Å². The van der Waals surface area contributed by atoms with E-state index in [1.54, 1.807) is 6.07 Å². The third-order valence-electron chi connectivity index (χ3n) is 6.20. The van der Waals surface area contributed by atoms with Crippen LogP contribution in [0.25, 0.3) is 11.4 Å². The first-order chi connectivity index (χ1) is 17.8. The normalized spacial score (nSPS) is 18.2. The zero-order chi connectivity index (χ0) is 27.7. The standard InChI is InChI=1S/C24H30ClF2N7O3Si/c1-23(2,3)18-10-11-34(22(18)37-38(4)5)20-17(19-30-32-33-31-19)12-14(13-28-20)21(35)29-15-6-8-16(9-7-15)36-24(25,26)27/h6-9,12-13,18,22,38H,10-11H2,1-5H3,(H,29,35)(H,30,31,32,33). The Morgan fingerprint density at radius 3 is 2.53 bits per heavy atom. The number of alkyl halides is 3. The fraction of sp³-hybridized carbons (Fsp3) is 0.458. The first-order valence-electron chi connectivity index (χ1n) is 12.2. The van der Waals surface area contributed by atoms with Gasteiger partial charge >= 0.3 is 5.57 Å². The number of anilines is 2. The molecule has 2 N–H and O–H groups in total. The van der Waals surface area contributed by atoms with Gasteiger partial charge in [-0.25, -0.2) is 10.1 Å². The van der Waals surface area contributed by atoms with Crippen molar-refractivity contribution in [2.24, 2.45) is 11.3 Å². The molecule has 0 spiro atoms. The summed E-state index contributed by atoms with van der Waals surface area (Å²) in [5.74, 6) is 0.675. The first-order valence-corrected chi connectivity index (χ1v) is 15.3. The summed E-state index contributed by atoms with van der Waals surface area (Å²) in [5, 5.41) is 16.9. The summed E-state index contributed by atoms with van der Waals surface area (Å²) in [6, 6.07) is 7.06. The minimum Gasteiger partial charge on any atom is -0.420 e. The number of hydrogen-bond donors (Lipinski definition) is 2. The second kappa shape index (κ2) is 10.9. The molecule has 2 unspecified atom stereocenters. The van der Waals surface area contributed by atoms with Crippen LogP contribution in [0.4, 0.5) is 20.3 Å². The van der Waals surface area contributed by atoms with Gasteiger partial charge in [0, 0.05) is 35.9 Å². The van der Waals surface area contributed by atoms with Crippen LogP contribution in [-0.2, 0) is 4.43 Å². The number of benzene rings is 1. The topological polar surface area (TPSA) is 118 Å². The van der Waals surface area contributed by atoms with Crippen LogP contribution in [0.5, 0.6) is 5.75 Å². The zero-order valence-corrected chi connectivity index (χ0v) is 23.6. The number of hydrogen-bond acceptors (Lipinski definition) is 8. The molecular formula is C24H30ClF2N7O3Si. The molecular weight excluding hydrogens is 536 g/mol. The quantitative estimate of drug-likeness (QED) is 0.293. The number of carbonyl (C=O) groups is 1. The van der Waals surface area contributed by atoms with Gasteiger partial charge in [-0.15, -0.1) is 13.9 Å². The molecule has 1 saturated heterocycles. The van der Waals surface area contributed by atoms with Gasteiger partial charge in [-0.2, -0.15) is 0 Å². The number of H-pyrrole nitrogens is 1. The van der Waals surface area contributed by atoms with Gasteiger partial charge in [0.2, 0.25) is 0 Å². The maximum Gasteiger partial charge on any atom is 0.487 e. The Hall–Kier alpha value is -3.16. The molecule has 10 nitrogen and oxygen atoms in total. The van der Waals surface area contributed by atoms with Gasteiger partial charge in [-0.3, -0.25) is 4.79 Å². The van der Waals surface area contributed by atoms with Crippen molar-refractivity contribution in [3.05, 3.63) is 42.1 Å². The Bertz CT molecular complexity index is 1250. The van der Waals surface area contributed by atoms with Crippen LogP contribution in [0.1, 0.15) is 37.6 Å². The summed E-state index contributed by atoms with van der Waals surface area (Å²) < 4.78 is 36.5. The van der Waals surface area contributed by atoms with E-state index in [0.717, 1.165) is 13.0 Å². The van der Waals surface area contributed by atoms with Crippen LogP contribution in [0.15, 0.2) is 36.5 Å². The van der Waals surface area contributed by atoms with Crippen molar-refractivity contribution in [3.8, 4) is 17.1 Å². The molecule has 0 aliphatic carbocycles. The van der Waals surface area contributed by atoms with Gasteiger partial charge < -0.3 is 19.4 Å². The number of rotatable bonds is 8. The van der Waals surface area contributed by atoms with Crippen LogP contribution in [0.2, 0.25) is 13.1 Å². The van der Waals surface area contributed by atoms with Gasteiger partial charge in [-0.1, -0.05) is 20.8 Å². The van der Waals surface area contributed by atoms with Crippen molar-refractivity contribution in [2.45, 2.75) is 52.1 Å². The van der Waals surface area contributed by atoms with E-state index < -0.39 is 20.5 Å². The lowest BCUT2D eigenvalue weighted by Crippen LogP contribution is -2.42. The number of nitrogens with one attached hydrogen (secondary N) is 2. The van der Waals surface area contributed by atoms with E-state index in [2.05, 4.69) is 74.4 Å². The number of aromatic nitrogens is 5. The summed E-state index contributed by atoms with van der Waals surface area (Å²) in [5.41, 5.74) is -2.61. The number of ether oxygens (including phenoxy) is 1. The second-order valence-electron chi connectivity index (χ2n) is 10.4. The van der Waals surface area contributed by atoms with Crippen molar-refractivity contribution < 1.29 is 22.7 Å². The predicted octanol–water partition coefficient (Wildman–Crippen LogP) is 4.88. The monoisotopic (exact) mass is 565 g/mol. The highest BCUT2D eigenvalue weighted by Gasteiger charge is 2.43. The highest BCUT2D eigenvalue weighted by Crippen LogP contribution is 2.42. The predicted molar refractivity (Wildman–Crippen MR) is 142 cm³/mol. The Morgan fingerprint density at radius 2 is 1.95 bits per heavy atom. The van der Waals surface area contributed by atoms with E-state index in [1.165, 1.54) is 30.5 Å². The molecule has 204 valence electrons. The molecule has 1 fully saturated rings. The molecule has 0 bridgehead atoms. The molecule has 2 aromatic heterocycles. The van der Waals surface area contributed by atoms with Crippen molar-refractivity contribution >= 4 is 38.1 Å². The lowest BCUT2D eigenvalue weighted by Gasteiger charge is -2.37. The largest absolute Gasteiger partial charge is 0.487 e. The smallest absolute Gasteiger partial charge is 0.420 e. The van der Waals surface area contributed by atoms with Gasteiger partial charge in [-0.05, 0) is 65.7 Å². The minimum atomic E-state index is -3.83. The molecule has 2 atom stereocenters. The molecule has 3 heterocycles. The SMILES string of the molecule is C[SiH](C)OC1C(C(C)(C)C)CCN1c1ncc(C(=O)Nc2ccc(OC(F)(F)Cl)cc2)cc1-c1nnn[nH]1. The van der Waals surface area contributed by atoms with Crippen LogP contribution in [0, 0.1) is 11.3 Å². The van der Waals surface area contributed by atoms with E-state index in [9.17, 15) is 13.6 Å².